The van der Waals surface area contributed by atoms with Gasteiger partial charge in [-0.2, -0.15) is 0 Å². The summed E-state index contributed by atoms with van der Waals surface area (Å²) < 4.78 is 0. The highest BCUT2D eigenvalue weighted by Gasteiger charge is 2.17. The number of hydrogen-bond acceptors (Lipinski definition) is 3. The van der Waals surface area contributed by atoms with Gasteiger partial charge in [0, 0.05) is 12.6 Å². The van der Waals surface area contributed by atoms with Gasteiger partial charge in [0.15, 0.2) is 5.17 Å². The normalized spacial score (nSPS) is 18.4. The number of thioether (sulfide) groups is 1. The first kappa shape index (κ1) is 7.92. The lowest BCUT2D eigenvalue weighted by Crippen LogP contribution is -2.32. The molecule has 0 atom stereocenters. The van der Waals surface area contributed by atoms with Gasteiger partial charge in [0.1, 0.15) is 0 Å². The fourth-order valence-electron chi connectivity index (χ4n) is 1.10. The summed E-state index contributed by atoms with van der Waals surface area (Å²) in [6.45, 7) is 6.50. The third-order valence-electron chi connectivity index (χ3n) is 1.64. The molecule has 0 saturated carbocycles. The second-order valence-electron chi connectivity index (χ2n) is 2.66. The third kappa shape index (κ3) is 1.45. The summed E-state index contributed by atoms with van der Waals surface area (Å²) in [5.41, 5.74) is 0. The van der Waals surface area contributed by atoms with Gasteiger partial charge in [-0.3, -0.25) is 4.99 Å². The van der Waals surface area contributed by atoms with E-state index >= 15 is 0 Å². The molecule has 1 aliphatic rings. The number of hydrogen-bond donors (Lipinski definition) is 0. The maximum Gasteiger partial charge on any atom is 0.159 e. The summed E-state index contributed by atoms with van der Waals surface area (Å²) in [6, 6.07) is 0.605. The molecule has 1 heterocycles. The van der Waals surface area contributed by atoms with E-state index in [1.807, 2.05) is 0 Å². The summed E-state index contributed by atoms with van der Waals surface area (Å²) in [6.07, 6.45) is 2.08. The van der Waals surface area contributed by atoms with Crippen LogP contribution in [0, 0.1) is 0 Å². The summed E-state index contributed by atoms with van der Waals surface area (Å²) in [5.74, 6) is 0. The predicted molar refractivity (Wildman–Crippen MR) is 47.7 cm³/mol. The Labute approximate surface area is 66.7 Å². The SMILES string of the molecule is CSC1=NCCN1C(C)C. The van der Waals surface area contributed by atoms with Gasteiger partial charge in [-0.25, -0.2) is 0 Å². The zero-order valence-corrected chi connectivity index (χ0v) is 7.61. The fraction of sp³-hybridized carbons (Fsp3) is 0.857. The molecule has 0 amide bonds. The first-order chi connectivity index (χ1) is 4.75. The highest BCUT2D eigenvalue weighted by Crippen LogP contribution is 2.13. The molecule has 0 fully saturated rings. The zero-order valence-electron chi connectivity index (χ0n) is 6.79. The molecule has 0 spiro atoms. The van der Waals surface area contributed by atoms with E-state index in [1.54, 1.807) is 11.8 Å². The van der Waals surface area contributed by atoms with Crippen LogP contribution >= 0.6 is 11.8 Å². The highest BCUT2D eigenvalue weighted by atomic mass is 32.2. The Kier molecular flexibility index (Phi) is 2.60. The second-order valence-corrected chi connectivity index (χ2v) is 3.43. The highest BCUT2D eigenvalue weighted by molar-refractivity contribution is 8.13. The fourth-order valence-corrected chi connectivity index (χ4v) is 1.86. The number of amidine groups is 1. The van der Waals surface area contributed by atoms with E-state index in [2.05, 4.69) is 30.0 Å². The molecule has 0 unspecified atom stereocenters. The molecule has 58 valence electrons. The van der Waals surface area contributed by atoms with Gasteiger partial charge in [0.2, 0.25) is 0 Å². The van der Waals surface area contributed by atoms with E-state index in [0.29, 0.717) is 6.04 Å². The van der Waals surface area contributed by atoms with Gasteiger partial charge in [0.25, 0.3) is 0 Å². The van der Waals surface area contributed by atoms with E-state index in [-0.39, 0.29) is 0 Å². The topological polar surface area (TPSA) is 15.6 Å². The van der Waals surface area contributed by atoms with Crippen LogP contribution in [0.3, 0.4) is 0 Å². The summed E-state index contributed by atoms with van der Waals surface area (Å²) in [4.78, 5) is 6.70. The van der Waals surface area contributed by atoms with Gasteiger partial charge in [-0.05, 0) is 20.1 Å². The van der Waals surface area contributed by atoms with Crippen LogP contribution < -0.4 is 0 Å². The quantitative estimate of drug-likeness (QED) is 0.573. The molecule has 0 aromatic heterocycles. The van der Waals surface area contributed by atoms with Gasteiger partial charge in [-0.1, -0.05) is 11.8 Å². The van der Waals surface area contributed by atoms with Crippen LogP contribution in [-0.4, -0.2) is 35.5 Å². The Balaban J connectivity index is 2.54. The third-order valence-corrected chi connectivity index (χ3v) is 2.37. The summed E-state index contributed by atoms with van der Waals surface area (Å²) in [7, 11) is 0. The maximum absolute atomic E-state index is 4.36. The Hall–Kier alpha value is -0.180. The van der Waals surface area contributed by atoms with Crippen molar-refractivity contribution >= 4 is 16.9 Å². The van der Waals surface area contributed by atoms with E-state index in [4.69, 9.17) is 0 Å². The molecule has 0 N–H and O–H groups in total. The molecule has 0 radical (unpaired) electrons. The molecule has 2 nitrogen and oxygen atoms in total. The lowest BCUT2D eigenvalue weighted by Gasteiger charge is -2.22. The first-order valence-corrected chi connectivity index (χ1v) is 4.83. The molecular weight excluding hydrogens is 144 g/mol. The molecule has 0 aromatic carbocycles. The zero-order chi connectivity index (χ0) is 7.56. The van der Waals surface area contributed by atoms with Gasteiger partial charge in [-0.15, -0.1) is 0 Å². The van der Waals surface area contributed by atoms with E-state index in [0.717, 1.165) is 13.1 Å². The monoisotopic (exact) mass is 158 g/mol. The van der Waals surface area contributed by atoms with Crippen molar-refractivity contribution < 1.29 is 0 Å². The van der Waals surface area contributed by atoms with Crippen LogP contribution in [0.1, 0.15) is 13.8 Å². The lowest BCUT2D eigenvalue weighted by atomic mass is 10.3. The average molecular weight is 158 g/mol. The lowest BCUT2D eigenvalue weighted by molar-refractivity contribution is 0.386. The van der Waals surface area contributed by atoms with Crippen molar-refractivity contribution in [1.82, 2.24) is 4.90 Å². The maximum atomic E-state index is 4.36. The second kappa shape index (κ2) is 3.28. The number of nitrogens with zero attached hydrogens (tertiary/aromatic N) is 2. The molecule has 0 bridgehead atoms. The number of aliphatic imine (C=N–C) groups is 1. The minimum absolute atomic E-state index is 0.605. The Morgan fingerprint density at radius 2 is 2.30 bits per heavy atom. The number of rotatable bonds is 1. The van der Waals surface area contributed by atoms with Crippen molar-refractivity contribution in [3.05, 3.63) is 0 Å². The average Bonchev–Trinajstić information content (AvgIpc) is 2.33. The van der Waals surface area contributed by atoms with Crippen molar-refractivity contribution in [2.45, 2.75) is 19.9 Å². The largest absolute Gasteiger partial charge is 0.347 e. The molecule has 1 aliphatic heterocycles. The van der Waals surface area contributed by atoms with Crippen molar-refractivity contribution in [1.29, 1.82) is 0 Å². The van der Waals surface area contributed by atoms with Crippen molar-refractivity contribution in [3.63, 3.8) is 0 Å². The molecule has 0 saturated heterocycles. The van der Waals surface area contributed by atoms with E-state index in [9.17, 15) is 0 Å². The first-order valence-electron chi connectivity index (χ1n) is 3.60. The van der Waals surface area contributed by atoms with Crippen LogP contribution in [0.4, 0.5) is 0 Å². The standard InChI is InChI=1S/C7H14N2S/c1-6(2)9-5-4-8-7(9)10-3/h6H,4-5H2,1-3H3. The van der Waals surface area contributed by atoms with E-state index < -0.39 is 0 Å². The van der Waals surface area contributed by atoms with Gasteiger partial charge in [0.05, 0.1) is 6.54 Å². The summed E-state index contributed by atoms with van der Waals surface area (Å²) >= 11 is 1.74. The van der Waals surface area contributed by atoms with E-state index in [1.165, 1.54) is 5.17 Å². The Morgan fingerprint density at radius 1 is 1.60 bits per heavy atom. The molecule has 1 rings (SSSR count). The van der Waals surface area contributed by atoms with Crippen molar-refractivity contribution in [3.8, 4) is 0 Å². The molecule has 0 aliphatic carbocycles. The van der Waals surface area contributed by atoms with Crippen LogP contribution in [0.5, 0.6) is 0 Å². The minimum Gasteiger partial charge on any atom is -0.347 e. The Bertz CT molecular complexity index is 143. The van der Waals surface area contributed by atoms with Crippen LogP contribution in [-0.2, 0) is 0 Å². The molecule has 3 heteroatoms. The van der Waals surface area contributed by atoms with Crippen LogP contribution in [0.25, 0.3) is 0 Å². The molecular formula is C7H14N2S. The molecule has 0 aromatic rings. The van der Waals surface area contributed by atoms with Gasteiger partial charge < -0.3 is 4.90 Å². The predicted octanol–water partition coefficient (Wildman–Crippen LogP) is 1.43. The van der Waals surface area contributed by atoms with Crippen molar-refractivity contribution in [2.24, 2.45) is 4.99 Å². The molecule has 10 heavy (non-hydrogen) atoms. The Morgan fingerprint density at radius 3 is 2.70 bits per heavy atom. The smallest absolute Gasteiger partial charge is 0.159 e. The van der Waals surface area contributed by atoms with Crippen molar-refractivity contribution in [2.75, 3.05) is 19.3 Å². The van der Waals surface area contributed by atoms with Gasteiger partial charge >= 0.3 is 0 Å². The minimum atomic E-state index is 0.605. The van der Waals surface area contributed by atoms with Crippen LogP contribution in [0.15, 0.2) is 4.99 Å². The summed E-state index contributed by atoms with van der Waals surface area (Å²) in [5, 5.41) is 1.20. The van der Waals surface area contributed by atoms with Crippen LogP contribution in [0.2, 0.25) is 0 Å².